The summed E-state index contributed by atoms with van der Waals surface area (Å²) in [7, 11) is 0. The fourth-order valence-electron chi connectivity index (χ4n) is 6.74. The molecule has 39 heavy (non-hydrogen) atoms. The van der Waals surface area contributed by atoms with Gasteiger partial charge < -0.3 is 19.1 Å². The van der Waals surface area contributed by atoms with E-state index in [1.807, 2.05) is 24.3 Å². The standard InChI is InChI=1S/C30H33N3O6/c34-28-10-8-24(29(35)31-28)33-17-19-13-21(6-7-22(19)30(33)36)39-25-4-2-1-3-23(25)32-15-20(16-32)18-5-9-26-27(14-18)38-12-11-37-26/h5-7,9,13-14,20,23-25H,1-4,8,10-12,15-17H2,(H,31,34,35)/t23-,24?,25+/m1/s1. The van der Waals surface area contributed by atoms with Gasteiger partial charge in [-0.1, -0.05) is 12.5 Å². The van der Waals surface area contributed by atoms with Gasteiger partial charge in [0.05, 0.1) is 0 Å². The normalized spacial score (nSPS) is 27.1. The van der Waals surface area contributed by atoms with E-state index >= 15 is 0 Å². The first-order valence-corrected chi connectivity index (χ1v) is 14.1. The average molecular weight is 532 g/mol. The van der Waals surface area contributed by atoms with Gasteiger partial charge in [-0.3, -0.25) is 24.6 Å². The number of carbonyl (C=O) groups is 3. The van der Waals surface area contributed by atoms with Gasteiger partial charge in [-0.25, -0.2) is 0 Å². The zero-order chi connectivity index (χ0) is 26.5. The molecular formula is C30H33N3O6. The highest BCUT2D eigenvalue weighted by Gasteiger charge is 2.41. The number of nitrogens with zero attached hydrogens (tertiary/aromatic N) is 2. The molecule has 4 aliphatic heterocycles. The molecule has 0 spiro atoms. The molecule has 1 saturated carbocycles. The highest BCUT2D eigenvalue weighted by Crippen LogP contribution is 2.39. The van der Waals surface area contributed by atoms with Crippen LogP contribution < -0.4 is 19.5 Å². The highest BCUT2D eigenvalue weighted by molar-refractivity contribution is 6.05. The molecule has 204 valence electrons. The maximum absolute atomic E-state index is 13.0. The Balaban J connectivity index is 1.01. The fraction of sp³-hybridized carbons (Fsp3) is 0.500. The van der Waals surface area contributed by atoms with E-state index in [0.29, 0.717) is 43.7 Å². The Kier molecular flexibility index (Phi) is 6.18. The zero-order valence-corrected chi connectivity index (χ0v) is 21.9. The molecule has 2 aromatic rings. The summed E-state index contributed by atoms with van der Waals surface area (Å²) in [5, 5.41) is 2.36. The number of fused-ring (bicyclic) bond motifs is 2. The van der Waals surface area contributed by atoms with E-state index in [1.165, 1.54) is 12.0 Å². The van der Waals surface area contributed by atoms with Crippen LogP contribution in [0.15, 0.2) is 36.4 Å². The van der Waals surface area contributed by atoms with Crippen molar-refractivity contribution in [2.24, 2.45) is 0 Å². The molecule has 0 aromatic heterocycles. The molecular weight excluding hydrogens is 498 g/mol. The summed E-state index contributed by atoms with van der Waals surface area (Å²) in [6.45, 7) is 3.56. The van der Waals surface area contributed by atoms with Crippen molar-refractivity contribution >= 4 is 17.7 Å². The van der Waals surface area contributed by atoms with Gasteiger partial charge in [0.25, 0.3) is 5.91 Å². The van der Waals surface area contributed by atoms with Crippen LogP contribution in [0.1, 0.15) is 65.9 Å². The maximum atomic E-state index is 13.0. The number of amides is 3. The van der Waals surface area contributed by atoms with Crippen LogP contribution in [0.5, 0.6) is 17.2 Å². The van der Waals surface area contributed by atoms with Crippen molar-refractivity contribution in [1.29, 1.82) is 0 Å². The van der Waals surface area contributed by atoms with Gasteiger partial charge >= 0.3 is 0 Å². The molecule has 7 rings (SSSR count). The Morgan fingerprint density at radius 2 is 1.72 bits per heavy atom. The summed E-state index contributed by atoms with van der Waals surface area (Å²) in [5.74, 6) is 2.10. The molecule has 9 nitrogen and oxygen atoms in total. The topological polar surface area (TPSA) is 97.4 Å². The van der Waals surface area contributed by atoms with Gasteiger partial charge in [0, 0.05) is 43.6 Å². The second-order valence-electron chi connectivity index (χ2n) is 11.3. The first kappa shape index (κ1) is 24.5. The second kappa shape index (κ2) is 9.86. The van der Waals surface area contributed by atoms with Crippen LogP contribution in [-0.4, -0.2) is 72.0 Å². The largest absolute Gasteiger partial charge is 0.489 e. The lowest BCUT2D eigenvalue weighted by Gasteiger charge is -2.48. The molecule has 0 bridgehead atoms. The highest BCUT2D eigenvalue weighted by atomic mass is 16.6. The second-order valence-corrected chi connectivity index (χ2v) is 11.3. The van der Waals surface area contributed by atoms with E-state index in [2.05, 4.69) is 22.3 Å². The molecule has 1 aliphatic carbocycles. The van der Waals surface area contributed by atoms with Crippen molar-refractivity contribution in [2.75, 3.05) is 26.3 Å². The smallest absolute Gasteiger partial charge is 0.255 e. The van der Waals surface area contributed by atoms with E-state index in [0.717, 1.165) is 55.2 Å². The molecule has 4 heterocycles. The monoisotopic (exact) mass is 531 g/mol. The Bertz CT molecular complexity index is 1320. The molecule has 3 amide bonds. The minimum atomic E-state index is -0.608. The van der Waals surface area contributed by atoms with E-state index in [9.17, 15) is 14.4 Å². The van der Waals surface area contributed by atoms with Crippen molar-refractivity contribution in [3.05, 3.63) is 53.1 Å². The number of likely N-dealkylation sites (tertiary alicyclic amines) is 1. The molecule has 1 unspecified atom stereocenters. The van der Waals surface area contributed by atoms with Gasteiger partial charge in [0.1, 0.15) is 31.1 Å². The summed E-state index contributed by atoms with van der Waals surface area (Å²) in [4.78, 5) is 41.1. The minimum Gasteiger partial charge on any atom is -0.489 e. The quantitative estimate of drug-likeness (QED) is 0.593. The third-order valence-corrected chi connectivity index (χ3v) is 8.87. The number of hydrogen-bond acceptors (Lipinski definition) is 7. The van der Waals surface area contributed by atoms with E-state index < -0.39 is 11.9 Å². The van der Waals surface area contributed by atoms with Crippen molar-refractivity contribution in [3.8, 4) is 17.2 Å². The van der Waals surface area contributed by atoms with Gasteiger partial charge in [-0.2, -0.15) is 0 Å². The van der Waals surface area contributed by atoms with Crippen LogP contribution in [0.25, 0.3) is 0 Å². The molecule has 9 heteroatoms. The molecule has 2 aromatic carbocycles. The number of imide groups is 1. The van der Waals surface area contributed by atoms with Crippen molar-refractivity contribution in [1.82, 2.24) is 15.1 Å². The molecule has 3 atom stereocenters. The van der Waals surface area contributed by atoms with E-state index in [-0.39, 0.29) is 24.3 Å². The Labute approximate surface area is 227 Å². The summed E-state index contributed by atoms with van der Waals surface area (Å²) in [5.41, 5.74) is 2.78. The van der Waals surface area contributed by atoms with Crippen molar-refractivity contribution < 1.29 is 28.6 Å². The molecule has 0 radical (unpaired) electrons. The van der Waals surface area contributed by atoms with Gasteiger partial charge in [0.2, 0.25) is 11.8 Å². The maximum Gasteiger partial charge on any atom is 0.255 e. The van der Waals surface area contributed by atoms with Crippen LogP contribution in [0, 0.1) is 0 Å². The minimum absolute atomic E-state index is 0.0985. The predicted octanol–water partition coefficient (Wildman–Crippen LogP) is 3.01. The molecule has 1 N–H and O–H groups in total. The third-order valence-electron chi connectivity index (χ3n) is 8.87. The SMILES string of the molecule is O=C1CCC(N2Cc3cc(O[C@H]4CCCC[C@H]4N4CC(c5ccc6c(c5)OCCO6)C4)ccc3C2=O)C(=O)N1. The number of ether oxygens (including phenoxy) is 3. The summed E-state index contributed by atoms with van der Waals surface area (Å²) >= 11 is 0. The van der Waals surface area contributed by atoms with Crippen LogP contribution in [0.3, 0.4) is 0 Å². The number of piperidine rings is 1. The van der Waals surface area contributed by atoms with Crippen LogP contribution >= 0.6 is 0 Å². The Morgan fingerprint density at radius 3 is 2.56 bits per heavy atom. The number of carbonyl (C=O) groups excluding carboxylic acids is 3. The Hall–Kier alpha value is -3.59. The number of nitrogens with one attached hydrogen (secondary N) is 1. The van der Waals surface area contributed by atoms with Gasteiger partial charge in [-0.05, 0) is 67.1 Å². The van der Waals surface area contributed by atoms with Crippen molar-refractivity contribution in [2.45, 2.75) is 69.2 Å². The summed E-state index contributed by atoms with van der Waals surface area (Å²) < 4.78 is 18.0. The lowest BCUT2D eigenvalue weighted by molar-refractivity contribution is -0.136. The number of rotatable bonds is 5. The molecule has 5 aliphatic rings. The van der Waals surface area contributed by atoms with Crippen LogP contribution in [0.4, 0.5) is 0 Å². The molecule has 3 fully saturated rings. The first-order chi connectivity index (χ1) is 19.0. The molecule has 2 saturated heterocycles. The Morgan fingerprint density at radius 1 is 0.897 bits per heavy atom. The lowest BCUT2D eigenvalue weighted by Crippen LogP contribution is -2.57. The van der Waals surface area contributed by atoms with E-state index in [4.69, 9.17) is 14.2 Å². The fourth-order valence-corrected chi connectivity index (χ4v) is 6.74. The average Bonchev–Trinajstić information content (AvgIpc) is 3.24. The number of benzene rings is 2. The predicted molar refractivity (Wildman–Crippen MR) is 141 cm³/mol. The summed E-state index contributed by atoms with van der Waals surface area (Å²) in [6, 6.07) is 11.7. The van der Waals surface area contributed by atoms with E-state index in [1.54, 1.807) is 4.90 Å². The van der Waals surface area contributed by atoms with Crippen molar-refractivity contribution in [3.63, 3.8) is 0 Å². The van der Waals surface area contributed by atoms with Gasteiger partial charge in [-0.15, -0.1) is 0 Å². The number of hydrogen-bond donors (Lipinski definition) is 1. The van der Waals surface area contributed by atoms with Crippen LogP contribution in [0.2, 0.25) is 0 Å². The lowest BCUT2D eigenvalue weighted by atomic mass is 9.84. The zero-order valence-electron chi connectivity index (χ0n) is 21.9. The first-order valence-electron chi connectivity index (χ1n) is 14.1. The van der Waals surface area contributed by atoms with Gasteiger partial charge in [0.15, 0.2) is 11.5 Å². The summed E-state index contributed by atoms with van der Waals surface area (Å²) in [6.07, 6.45) is 5.18. The van der Waals surface area contributed by atoms with Crippen LogP contribution in [-0.2, 0) is 16.1 Å². The third kappa shape index (κ3) is 4.52.